The van der Waals surface area contributed by atoms with Gasteiger partial charge in [-0.1, -0.05) is 6.92 Å². The van der Waals surface area contributed by atoms with Crippen molar-refractivity contribution in [1.82, 2.24) is 15.3 Å². The molecule has 1 N–H and O–H groups in total. The lowest BCUT2D eigenvalue weighted by atomic mass is 9.79. The van der Waals surface area contributed by atoms with Crippen molar-refractivity contribution in [1.29, 1.82) is 0 Å². The van der Waals surface area contributed by atoms with Crippen LogP contribution in [0, 0.1) is 11.8 Å². The first-order valence-electron chi connectivity index (χ1n) is 10.0. The fourth-order valence-corrected chi connectivity index (χ4v) is 6.54. The Bertz CT molecular complexity index is 974. The predicted octanol–water partition coefficient (Wildman–Crippen LogP) is 3.54. The maximum absolute atomic E-state index is 12.7. The molecule has 1 unspecified atom stereocenters. The number of amides is 1. The van der Waals surface area contributed by atoms with Crippen molar-refractivity contribution in [2.45, 2.75) is 57.4 Å². The maximum atomic E-state index is 12.7. The molecule has 0 spiro atoms. The lowest BCUT2D eigenvalue weighted by molar-refractivity contribution is 0.0918. The zero-order valence-electron chi connectivity index (χ0n) is 16.3. The molecule has 2 aliphatic carbocycles. The molecular formula is C20H27N3O3S2. The Kier molecular flexibility index (Phi) is 5.44. The minimum atomic E-state index is -2.94. The van der Waals surface area contributed by atoms with E-state index in [4.69, 9.17) is 0 Å². The molecule has 8 heteroatoms. The van der Waals surface area contributed by atoms with Crippen LogP contribution in [0.4, 0.5) is 0 Å². The molecule has 0 aromatic carbocycles. The molecule has 6 nitrogen and oxygen atoms in total. The van der Waals surface area contributed by atoms with E-state index >= 15 is 0 Å². The van der Waals surface area contributed by atoms with Gasteiger partial charge in [-0.25, -0.2) is 18.4 Å². The van der Waals surface area contributed by atoms with Gasteiger partial charge in [0.1, 0.15) is 9.84 Å². The lowest BCUT2D eigenvalue weighted by Crippen LogP contribution is -2.39. The summed E-state index contributed by atoms with van der Waals surface area (Å²) in [5.74, 6) is 1.35. The Morgan fingerprint density at radius 1 is 1.25 bits per heavy atom. The summed E-state index contributed by atoms with van der Waals surface area (Å²) in [6.07, 6.45) is 9.04. The van der Waals surface area contributed by atoms with Crippen LogP contribution in [-0.4, -0.2) is 42.3 Å². The number of nitrogens with zero attached hydrogens (tertiary/aromatic N) is 2. The van der Waals surface area contributed by atoms with Gasteiger partial charge in [0.25, 0.3) is 5.91 Å². The number of nitrogens with one attached hydrogen (secondary N) is 1. The number of pyridine rings is 1. The van der Waals surface area contributed by atoms with Crippen LogP contribution >= 0.6 is 11.3 Å². The van der Waals surface area contributed by atoms with Crippen LogP contribution in [0.15, 0.2) is 12.3 Å². The summed E-state index contributed by atoms with van der Waals surface area (Å²) in [5, 5.41) is 4.28. The Labute approximate surface area is 170 Å². The number of fused-ring (bicyclic) bond motifs is 1. The highest BCUT2D eigenvalue weighted by molar-refractivity contribution is 7.90. The Balaban J connectivity index is 1.33. The van der Waals surface area contributed by atoms with Gasteiger partial charge in [-0.05, 0) is 56.4 Å². The molecule has 0 radical (unpaired) electrons. The van der Waals surface area contributed by atoms with Crippen molar-refractivity contribution in [3.63, 3.8) is 0 Å². The minimum Gasteiger partial charge on any atom is -0.349 e. The molecular weight excluding hydrogens is 394 g/mol. The van der Waals surface area contributed by atoms with E-state index in [1.165, 1.54) is 19.1 Å². The van der Waals surface area contributed by atoms with Crippen LogP contribution in [0.5, 0.6) is 0 Å². The summed E-state index contributed by atoms with van der Waals surface area (Å²) in [6.45, 7) is 2.02. The van der Waals surface area contributed by atoms with E-state index in [9.17, 15) is 13.2 Å². The van der Waals surface area contributed by atoms with Crippen LogP contribution in [0.1, 0.15) is 66.7 Å². The molecule has 152 valence electrons. The van der Waals surface area contributed by atoms with Crippen molar-refractivity contribution >= 4 is 37.4 Å². The summed E-state index contributed by atoms with van der Waals surface area (Å²) in [7, 11) is -2.94. The fourth-order valence-electron chi connectivity index (χ4n) is 4.18. The highest BCUT2D eigenvalue weighted by atomic mass is 32.2. The van der Waals surface area contributed by atoms with E-state index in [0.717, 1.165) is 41.0 Å². The fraction of sp³-hybridized carbons (Fsp3) is 0.650. The summed E-state index contributed by atoms with van der Waals surface area (Å²) >= 11 is 1.65. The van der Waals surface area contributed by atoms with Crippen LogP contribution in [0.25, 0.3) is 10.3 Å². The highest BCUT2D eigenvalue weighted by Crippen LogP contribution is 2.43. The van der Waals surface area contributed by atoms with Gasteiger partial charge in [0.2, 0.25) is 0 Å². The van der Waals surface area contributed by atoms with E-state index < -0.39 is 9.84 Å². The van der Waals surface area contributed by atoms with E-state index in [2.05, 4.69) is 15.3 Å². The van der Waals surface area contributed by atoms with Crippen molar-refractivity contribution in [3.05, 3.63) is 22.8 Å². The van der Waals surface area contributed by atoms with E-state index in [1.54, 1.807) is 17.5 Å². The van der Waals surface area contributed by atoms with Crippen LogP contribution in [0.3, 0.4) is 0 Å². The largest absolute Gasteiger partial charge is 0.349 e. The Hall–Kier alpha value is -1.54. The summed E-state index contributed by atoms with van der Waals surface area (Å²) < 4.78 is 24.0. The number of carbonyl (C=O) groups is 1. The zero-order valence-corrected chi connectivity index (χ0v) is 18.0. The first-order chi connectivity index (χ1) is 13.3. The maximum Gasteiger partial charge on any atom is 0.253 e. The average molecular weight is 422 g/mol. The molecule has 2 aromatic heterocycles. The third kappa shape index (κ3) is 4.71. The molecule has 28 heavy (non-hydrogen) atoms. The van der Waals surface area contributed by atoms with E-state index in [0.29, 0.717) is 17.4 Å². The normalized spacial score (nSPS) is 24.2. The van der Waals surface area contributed by atoms with Crippen LogP contribution < -0.4 is 5.32 Å². The van der Waals surface area contributed by atoms with Gasteiger partial charge < -0.3 is 5.32 Å². The molecule has 2 saturated carbocycles. The lowest BCUT2D eigenvalue weighted by Gasteiger charge is -2.32. The smallest absolute Gasteiger partial charge is 0.253 e. The molecule has 2 aromatic rings. The molecule has 1 amide bonds. The second-order valence-corrected chi connectivity index (χ2v) is 11.8. The Morgan fingerprint density at radius 3 is 2.61 bits per heavy atom. The van der Waals surface area contributed by atoms with Crippen LogP contribution in [0.2, 0.25) is 0 Å². The predicted molar refractivity (Wildman–Crippen MR) is 111 cm³/mol. The van der Waals surface area contributed by atoms with E-state index in [1.807, 2.05) is 13.0 Å². The quantitative estimate of drug-likeness (QED) is 0.771. The molecule has 2 fully saturated rings. The first kappa shape index (κ1) is 19.8. The first-order valence-corrected chi connectivity index (χ1v) is 12.9. The number of thiazole rings is 1. The Morgan fingerprint density at radius 2 is 1.96 bits per heavy atom. The molecule has 2 heterocycles. The molecule has 1 atom stereocenters. The van der Waals surface area contributed by atoms with E-state index in [-0.39, 0.29) is 23.6 Å². The third-order valence-corrected chi connectivity index (χ3v) is 8.22. The van der Waals surface area contributed by atoms with Gasteiger partial charge in [0.15, 0.2) is 5.65 Å². The van der Waals surface area contributed by atoms with Crippen molar-refractivity contribution < 1.29 is 13.2 Å². The van der Waals surface area contributed by atoms with Crippen LogP contribution in [-0.2, 0) is 9.84 Å². The van der Waals surface area contributed by atoms with Gasteiger partial charge in [-0.2, -0.15) is 0 Å². The number of aromatic nitrogens is 2. The third-order valence-electron chi connectivity index (χ3n) is 5.93. The highest BCUT2D eigenvalue weighted by Gasteiger charge is 2.29. The number of rotatable bonds is 6. The minimum absolute atomic E-state index is 0.0802. The topological polar surface area (TPSA) is 89.0 Å². The SMILES string of the molecule is CC(CS(C)(=O)=O)[C@H]1CC[C@H](NC(=O)c2cnc3nc(C4CC4)sc3c2)CC1. The van der Waals surface area contributed by atoms with Crippen molar-refractivity contribution in [2.24, 2.45) is 11.8 Å². The van der Waals surface area contributed by atoms with Gasteiger partial charge in [0, 0.05) is 24.4 Å². The van der Waals surface area contributed by atoms with Crippen molar-refractivity contribution in [3.8, 4) is 0 Å². The van der Waals surface area contributed by atoms with Gasteiger partial charge >= 0.3 is 0 Å². The standard InChI is InChI=1S/C20H27N3O3S2/c1-12(11-28(2,25)26)13-5-7-16(8-6-13)22-19(24)15-9-17-18(21-10-15)23-20(27-17)14-3-4-14/h9-10,12-14,16H,3-8,11H2,1-2H3,(H,22,24)/t12?,13-,16-. The average Bonchev–Trinajstić information content (AvgIpc) is 3.39. The summed E-state index contributed by atoms with van der Waals surface area (Å²) in [4.78, 5) is 21.6. The molecule has 0 aliphatic heterocycles. The molecule has 2 aliphatic rings. The van der Waals surface area contributed by atoms with Gasteiger partial charge in [-0.3, -0.25) is 4.79 Å². The molecule has 0 saturated heterocycles. The second kappa shape index (κ2) is 7.71. The van der Waals surface area contributed by atoms with Gasteiger partial charge in [-0.15, -0.1) is 11.3 Å². The van der Waals surface area contributed by atoms with Gasteiger partial charge in [0.05, 0.1) is 21.0 Å². The number of hydrogen-bond acceptors (Lipinski definition) is 6. The summed E-state index contributed by atoms with van der Waals surface area (Å²) in [5.41, 5.74) is 1.33. The van der Waals surface area contributed by atoms with Crippen molar-refractivity contribution in [2.75, 3.05) is 12.0 Å². The number of sulfone groups is 1. The summed E-state index contributed by atoms with van der Waals surface area (Å²) in [6, 6.07) is 2.05. The molecule has 0 bridgehead atoms. The second-order valence-electron chi connectivity index (χ2n) is 8.53. The zero-order chi connectivity index (χ0) is 19.9. The number of carbonyl (C=O) groups excluding carboxylic acids is 1. The molecule has 4 rings (SSSR count). The number of hydrogen-bond donors (Lipinski definition) is 1. The monoisotopic (exact) mass is 421 g/mol.